The molecule has 0 fully saturated rings. The maximum atomic E-state index is 2.42. The van der Waals surface area contributed by atoms with Crippen molar-refractivity contribution in [2.45, 2.75) is 0 Å². The topological polar surface area (TPSA) is 8.17 Å². The molecule has 1 heterocycles. The Kier molecular flexibility index (Phi) is 7.85. The Morgan fingerprint density at radius 3 is 1.54 bits per heavy atom. The van der Waals surface area contributed by atoms with Gasteiger partial charge in [-0.25, -0.2) is 0 Å². The third-order valence-corrected chi connectivity index (χ3v) is 10.6. The van der Waals surface area contributed by atoms with Gasteiger partial charge in [0.15, 0.2) is 0 Å². The minimum Gasteiger partial charge on any atom is -0.310 e. The van der Waals surface area contributed by atoms with Crippen molar-refractivity contribution in [1.82, 2.24) is 4.57 Å². The first-order chi connectivity index (χ1) is 26.8. The lowest BCUT2D eigenvalue weighted by atomic mass is 9.93. The van der Waals surface area contributed by atoms with Crippen molar-refractivity contribution < 1.29 is 0 Å². The van der Waals surface area contributed by atoms with Crippen molar-refractivity contribution in [2.24, 2.45) is 0 Å². The van der Waals surface area contributed by atoms with Gasteiger partial charge >= 0.3 is 0 Å². The molecule has 0 spiro atoms. The number of benzene rings is 9. The van der Waals surface area contributed by atoms with Crippen LogP contribution in [0.4, 0.5) is 17.1 Å². The van der Waals surface area contributed by atoms with Crippen LogP contribution in [0.15, 0.2) is 218 Å². The van der Waals surface area contributed by atoms with Gasteiger partial charge < -0.3 is 9.47 Å². The Bertz CT molecular complexity index is 2890. The van der Waals surface area contributed by atoms with Crippen molar-refractivity contribution >= 4 is 49.6 Å². The second-order valence-corrected chi connectivity index (χ2v) is 13.8. The molecular weight excluding hydrogens is 653 g/mol. The van der Waals surface area contributed by atoms with Gasteiger partial charge in [-0.05, 0) is 93.4 Å². The van der Waals surface area contributed by atoms with E-state index >= 15 is 0 Å². The molecule has 10 rings (SSSR count). The summed E-state index contributed by atoms with van der Waals surface area (Å²) >= 11 is 0. The van der Waals surface area contributed by atoms with Gasteiger partial charge in [0.2, 0.25) is 0 Å². The van der Waals surface area contributed by atoms with Gasteiger partial charge in [0.1, 0.15) is 0 Å². The van der Waals surface area contributed by atoms with E-state index in [4.69, 9.17) is 0 Å². The van der Waals surface area contributed by atoms with Gasteiger partial charge in [0, 0.05) is 38.9 Å². The molecule has 254 valence electrons. The first-order valence-corrected chi connectivity index (χ1v) is 18.5. The van der Waals surface area contributed by atoms with Gasteiger partial charge in [-0.3, -0.25) is 0 Å². The van der Waals surface area contributed by atoms with Crippen LogP contribution in [-0.2, 0) is 0 Å². The molecule has 0 aliphatic rings. The molecule has 0 unspecified atom stereocenters. The van der Waals surface area contributed by atoms with E-state index in [2.05, 4.69) is 228 Å². The van der Waals surface area contributed by atoms with Crippen LogP contribution < -0.4 is 4.90 Å². The van der Waals surface area contributed by atoms with Gasteiger partial charge in [0.05, 0.1) is 11.0 Å². The molecule has 0 bridgehead atoms. The van der Waals surface area contributed by atoms with E-state index in [1.165, 1.54) is 66.0 Å². The zero-order chi connectivity index (χ0) is 35.8. The highest BCUT2D eigenvalue weighted by molar-refractivity contribution is 6.19. The summed E-state index contributed by atoms with van der Waals surface area (Å²) in [6.07, 6.45) is 0. The molecular formula is C52H36N2. The fourth-order valence-corrected chi connectivity index (χ4v) is 8.04. The number of para-hydroxylation sites is 2. The smallest absolute Gasteiger partial charge is 0.0619 e. The van der Waals surface area contributed by atoms with Crippen molar-refractivity contribution in [1.29, 1.82) is 0 Å². The third kappa shape index (κ3) is 5.53. The lowest BCUT2D eigenvalue weighted by Crippen LogP contribution is -2.10. The molecule has 2 nitrogen and oxygen atoms in total. The van der Waals surface area contributed by atoms with E-state index in [9.17, 15) is 0 Å². The van der Waals surface area contributed by atoms with Crippen molar-refractivity contribution in [3.63, 3.8) is 0 Å². The highest BCUT2D eigenvalue weighted by Crippen LogP contribution is 2.43. The Morgan fingerprint density at radius 1 is 0.315 bits per heavy atom. The standard InChI is InChI=1S/C52H36N2/c1-5-15-37(16-6-1)38-25-28-43(29-26-38)53(45-30-33-46(39-17-7-2-8-18-39)50(36-45)40-19-9-3-10-20-40)44-31-34-47-41(35-44)27-32-49-48-23-13-14-24-51(48)54(52(47)49)42-21-11-4-12-22-42/h1-36H. The Hall–Kier alpha value is -7.16. The number of aromatic nitrogens is 1. The number of fused-ring (bicyclic) bond motifs is 5. The fraction of sp³-hybridized carbons (Fsp3) is 0. The van der Waals surface area contributed by atoms with Crippen molar-refractivity contribution in [3.05, 3.63) is 218 Å². The molecule has 0 aliphatic heterocycles. The summed E-state index contributed by atoms with van der Waals surface area (Å²) in [4.78, 5) is 2.40. The van der Waals surface area contributed by atoms with Gasteiger partial charge in [-0.2, -0.15) is 0 Å². The molecule has 9 aromatic carbocycles. The summed E-state index contributed by atoms with van der Waals surface area (Å²) in [6.45, 7) is 0. The fourth-order valence-electron chi connectivity index (χ4n) is 8.04. The van der Waals surface area contributed by atoms with Crippen LogP contribution in [0.25, 0.3) is 71.6 Å². The molecule has 2 heteroatoms. The molecule has 0 aliphatic carbocycles. The van der Waals surface area contributed by atoms with Crippen LogP contribution in [0, 0.1) is 0 Å². The van der Waals surface area contributed by atoms with Crippen LogP contribution in [0.1, 0.15) is 0 Å². The minimum atomic E-state index is 1.10. The van der Waals surface area contributed by atoms with E-state index in [1.54, 1.807) is 0 Å². The van der Waals surface area contributed by atoms with E-state index < -0.39 is 0 Å². The maximum absolute atomic E-state index is 2.42. The normalized spacial score (nSPS) is 11.3. The first kappa shape index (κ1) is 31.6. The van der Waals surface area contributed by atoms with Crippen molar-refractivity contribution in [2.75, 3.05) is 4.90 Å². The molecule has 0 radical (unpaired) electrons. The number of anilines is 3. The zero-order valence-corrected chi connectivity index (χ0v) is 29.7. The predicted molar refractivity (Wildman–Crippen MR) is 229 cm³/mol. The van der Waals surface area contributed by atoms with Crippen LogP contribution in [0.3, 0.4) is 0 Å². The van der Waals surface area contributed by atoms with E-state index in [-0.39, 0.29) is 0 Å². The predicted octanol–water partition coefficient (Wildman–Crippen LogP) is 14.4. The first-order valence-electron chi connectivity index (χ1n) is 18.5. The quantitative estimate of drug-likeness (QED) is 0.162. The summed E-state index contributed by atoms with van der Waals surface area (Å²) in [7, 11) is 0. The number of hydrogen-bond donors (Lipinski definition) is 0. The SMILES string of the molecule is c1ccc(-c2ccc(N(c3ccc(-c4ccccc4)c(-c4ccccc4)c3)c3ccc4c(ccc5c6ccccc6n(-c6ccccc6)c45)c3)cc2)cc1. The molecule has 10 aromatic rings. The monoisotopic (exact) mass is 688 g/mol. The summed E-state index contributed by atoms with van der Waals surface area (Å²) < 4.78 is 2.42. The summed E-state index contributed by atoms with van der Waals surface area (Å²) in [6, 6.07) is 78.8. The Balaban J connectivity index is 1.19. The molecule has 0 amide bonds. The molecule has 0 saturated carbocycles. The van der Waals surface area contributed by atoms with E-state index in [0.717, 1.165) is 22.7 Å². The second-order valence-electron chi connectivity index (χ2n) is 13.8. The van der Waals surface area contributed by atoms with Gasteiger partial charge in [-0.15, -0.1) is 0 Å². The van der Waals surface area contributed by atoms with Crippen LogP contribution in [0.5, 0.6) is 0 Å². The minimum absolute atomic E-state index is 1.10. The van der Waals surface area contributed by atoms with E-state index in [0.29, 0.717) is 0 Å². The second kappa shape index (κ2) is 13.4. The number of nitrogens with zero attached hydrogens (tertiary/aromatic N) is 2. The molecule has 1 aromatic heterocycles. The van der Waals surface area contributed by atoms with Gasteiger partial charge in [0.25, 0.3) is 0 Å². The summed E-state index contributed by atoms with van der Waals surface area (Å²) in [5.41, 5.74) is 14.1. The third-order valence-electron chi connectivity index (χ3n) is 10.6. The Morgan fingerprint density at radius 2 is 0.833 bits per heavy atom. The maximum Gasteiger partial charge on any atom is 0.0619 e. The lowest BCUT2D eigenvalue weighted by Gasteiger charge is -2.27. The average molecular weight is 689 g/mol. The average Bonchev–Trinajstić information content (AvgIpc) is 3.60. The van der Waals surface area contributed by atoms with Crippen LogP contribution in [-0.4, -0.2) is 4.57 Å². The van der Waals surface area contributed by atoms with Crippen molar-refractivity contribution in [3.8, 4) is 39.1 Å². The highest BCUT2D eigenvalue weighted by atomic mass is 15.1. The molecule has 0 saturated heterocycles. The number of hydrogen-bond acceptors (Lipinski definition) is 1. The van der Waals surface area contributed by atoms with E-state index in [1.807, 2.05) is 0 Å². The molecule has 54 heavy (non-hydrogen) atoms. The lowest BCUT2D eigenvalue weighted by molar-refractivity contribution is 1.19. The van der Waals surface area contributed by atoms with Crippen LogP contribution in [0.2, 0.25) is 0 Å². The zero-order valence-electron chi connectivity index (χ0n) is 29.7. The molecule has 0 atom stereocenters. The molecule has 0 N–H and O–H groups in total. The van der Waals surface area contributed by atoms with Gasteiger partial charge in [-0.1, -0.05) is 164 Å². The number of rotatable bonds is 7. The largest absolute Gasteiger partial charge is 0.310 e. The highest BCUT2D eigenvalue weighted by Gasteiger charge is 2.19. The Labute approximate surface area is 315 Å². The summed E-state index contributed by atoms with van der Waals surface area (Å²) in [5.74, 6) is 0. The summed E-state index contributed by atoms with van der Waals surface area (Å²) in [5, 5.41) is 4.93. The van der Waals surface area contributed by atoms with Crippen LogP contribution >= 0.6 is 0 Å².